The summed E-state index contributed by atoms with van der Waals surface area (Å²) in [7, 11) is 0. The largest absolute Gasteiger partial charge is 0.479 e. The van der Waals surface area contributed by atoms with Crippen molar-refractivity contribution in [3.8, 4) is 0 Å². The van der Waals surface area contributed by atoms with Crippen LogP contribution in [-0.2, 0) is 9.59 Å². The first-order chi connectivity index (χ1) is 8.10. The van der Waals surface area contributed by atoms with Gasteiger partial charge in [0.1, 0.15) is 6.10 Å². The van der Waals surface area contributed by atoms with E-state index >= 15 is 0 Å². The Bertz CT molecular complexity index is 317. The lowest BCUT2D eigenvalue weighted by Crippen LogP contribution is -2.53. The van der Waals surface area contributed by atoms with Crippen LogP contribution in [0.1, 0.15) is 27.2 Å². The van der Waals surface area contributed by atoms with Crippen LogP contribution < -0.4 is 5.32 Å². The Morgan fingerprint density at radius 1 is 1.33 bits per heavy atom. The molecule has 0 fully saturated rings. The van der Waals surface area contributed by atoms with E-state index in [1.807, 2.05) is 0 Å². The summed E-state index contributed by atoms with van der Waals surface area (Å²) in [5.74, 6) is -2.27. The molecule has 0 spiro atoms. The van der Waals surface area contributed by atoms with E-state index < -0.39 is 42.1 Å². The minimum absolute atomic E-state index is 0.0812. The monoisotopic (exact) mass is 263 g/mol. The molecule has 0 aliphatic carbocycles. The van der Waals surface area contributed by atoms with E-state index in [4.69, 9.17) is 10.2 Å². The topological polar surface area (TPSA) is 127 Å². The Morgan fingerprint density at radius 3 is 2.17 bits per heavy atom. The number of carbonyl (C=O) groups is 2. The molecule has 0 saturated carbocycles. The second-order valence-corrected chi connectivity index (χ2v) is 4.96. The van der Waals surface area contributed by atoms with Gasteiger partial charge in [0.05, 0.1) is 13.2 Å². The van der Waals surface area contributed by atoms with E-state index in [2.05, 4.69) is 5.32 Å². The van der Waals surface area contributed by atoms with E-state index in [1.165, 1.54) is 20.8 Å². The Hall–Kier alpha value is -1.18. The third-order valence-electron chi connectivity index (χ3n) is 2.93. The number of nitrogens with one attached hydrogen (secondary N) is 1. The average molecular weight is 263 g/mol. The highest BCUT2D eigenvalue weighted by Gasteiger charge is 2.37. The molecular formula is C11H21NO6. The summed E-state index contributed by atoms with van der Waals surface area (Å²) in [5.41, 5.74) is -3.10. The zero-order valence-corrected chi connectivity index (χ0v) is 10.8. The fourth-order valence-corrected chi connectivity index (χ4v) is 1.12. The number of aliphatic carboxylic acids is 1. The third-order valence-corrected chi connectivity index (χ3v) is 2.93. The second kappa shape index (κ2) is 6.12. The van der Waals surface area contributed by atoms with Gasteiger partial charge < -0.3 is 25.7 Å². The summed E-state index contributed by atoms with van der Waals surface area (Å²) in [4.78, 5) is 22.3. The fraction of sp³-hybridized carbons (Fsp3) is 0.818. The highest BCUT2D eigenvalue weighted by Crippen LogP contribution is 2.19. The van der Waals surface area contributed by atoms with Crippen LogP contribution in [0.5, 0.6) is 0 Å². The number of amides is 1. The molecule has 0 saturated heterocycles. The molecule has 106 valence electrons. The molecule has 18 heavy (non-hydrogen) atoms. The lowest BCUT2D eigenvalue weighted by atomic mass is 9.87. The van der Waals surface area contributed by atoms with Crippen molar-refractivity contribution in [1.29, 1.82) is 0 Å². The fourth-order valence-electron chi connectivity index (χ4n) is 1.12. The molecule has 7 heteroatoms. The van der Waals surface area contributed by atoms with E-state index in [1.54, 1.807) is 0 Å². The number of carboxylic acid groups (broad SMARTS) is 1. The Labute approximate surface area is 105 Å². The minimum atomic E-state index is -2.06. The molecule has 0 bridgehead atoms. The van der Waals surface area contributed by atoms with Crippen LogP contribution in [0.2, 0.25) is 0 Å². The molecule has 0 aliphatic rings. The minimum Gasteiger partial charge on any atom is -0.479 e. The van der Waals surface area contributed by atoms with Gasteiger partial charge in [-0.25, -0.2) is 4.79 Å². The van der Waals surface area contributed by atoms with Crippen LogP contribution in [0.15, 0.2) is 0 Å². The van der Waals surface area contributed by atoms with E-state index in [0.717, 1.165) is 0 Å². The summed E-state index contributed by atoms with van der Waals surface area (Å²) in [6, 6.07) is 0. The zero-order chi connectivity index (χ0) is 14.6. The lowest BCUT2D eigenvalue weighted by Gasteiger charge is -2.28. The van der Waals surface area contributed by atoms with Gasteiger partial charge >= 0.3 is 5.97 Å². The maximum absolute atomic E-state index is 11.6. The molecule has 0 aromatic heterocycles. The van der Waals surface area contributed by atoms with Crippen LogP contribution in [0.4, 0.5) is 0 Å². The van der Waals surface area contributed by atoms with Gasteiger partial charge in [0.2, 0.25) is 5.91 Å². The van der Waals surface area contributed by atoms with Gasteiger partial charge in [-0.1, -0.05) is 20.8 Å². The molecule has 0 aromatic carbocycles. The maximum atomic E-state index is 11.6. The number of rotatable bonds is 7. The summed E-state index contributed by atoms with van der Waals surface area (Å²) in [6.07, 6.45) is -1.57. The quantitative estimate of drug-likeness (QED) is 0.389. The Morgan fingerprint density at radius 2 is 1.83 bits per heavy atom. The average Bonchev–Trinajstić information content (AvgIpc) is 2.34. The van der Waals surface area contributed by atoms with Crippen molar-refractivity contribution >= 4 is 11.9 Å². The molecule has 1 unspecified atom stereocenters. The molecule has 0 heterocycles. The van der Waals surface area contributed by atoms with E-state index in [9.17, 15) is 19.8 Å². The SMILES string of the molecule is CCC(O)(CNC(=O)[C@H](O)C(C)(C)CO)C(=O)O. The standard InChI is InChI=1S/C11H21NO6/c1-4-11(18,9(16)17)5-12-8(15)7(14)10(2,3)6-13/h7,13-14,18H,4-6H2,1-3H3,(H,12,15)(H,16,17)/t7-,11?/m0/s1. The number of carboxylic acids is 1. The second-order valence-electron chi connectivity index (χ2n) is 4.96. The van der Waals surface area contributed by atoms with Gasteiger partial charge in [0.25, 0.3) is 0 Å². The van der Waals surface area contributed by atoms with Crippen LogP contribution >= 0.6 is 0 Å². The van der Waals surface area contributed by atoms with Crippen LogP contribution in [0, 0.1) is 5.41 Å². The predicted molar refractivity (Wildman–Crippen MR) is 62.8 cm³/mol. The first-order valence-electron chi connectivity index (χ1n) is 5.63. The van der Waals surface area contributed by atoms with Gasteiger partial charge in [-0.15, -0.1) is 0 Å². The highest BCUT2D eigenvalue weighted by atomic mass is 16.4. The number of aliphatic hydroxyl groups is 3. The van der Waals surface area contributed by atoms with Crippen molar-refractivity contribution in [3.63, 3.8) is 0 Å². The third kappa shape index (κ3) is 3.94. The maximum Gasteiger partial charge on any atom is 0.337 e. The molecule has 0 rings (SSSR count). The number of carbonyl (C=O) groups excluding carboxylic acids is 1. The molecular weight excluding hydrogens is 242 g/mol. The molecule has 0 aliphatic heterocycles. The van der Waals surface area contributed by atoms with Crippen molar-refractivity contribution < 1.29 is 30.0 Å². The Kier molecular flexibility index (Phi) is 5.72. The molecule has 0 aromatic rings. The smallest absolute Gasteiger partial charge is 0.337 e. The summed E-state index contributed by atoms with van der Waals surface area (Å²) in [5, 5.41) is 39.2. The van der Waals surface area contributed by atoms with Crippen molar-refractivity contribution in [2.75, 3.05) is 13.2 Å². The predicted octanol–water partition coefficient (Wildman–Crippen LogP) is -1.29. The highest BCUT2D eigenvalue weighted by molar-refractivity contribution is 5.83. The lowest BCUT2D eigenvalue weighted by molar-refractivity contribution is -0.159. The van der Waals surface area contributed by atoms with Gasteiger partial charge in [-0.05, 0) is 6.42 Å². The van der Waals surface area contributed by atoms with Crippen molar-refractivity contribution in [2.45, 2.75) is 38.9 Å². The molecule has 5 N–H and O–H groups in total. The molecule has 7 nitrogen and oxygen atoms in total. The number of aliphatic hydroxyl groups excluding tert-OH is 2. The van der Waals surface area contributed by atoms with Crippen LogP contribution in [0.3, 0.4) is 0 Å². The molecule has 0 radical (unpaired) electrons. The van der Waals surface area contributed by atoms with Crippen molar-refractivity contribution in [1.82, 2.24) is 5.32 Å². The first kappa shape index (κ1) is 16.8. The summed E-state index contributed by atoms with van der Waals surface area (Å²) in [6.45, 7) is 3.53. The van der Waals surface area contributed by atoms with Crippen molar-refractivity contribution in [2.24, 2.45) is 5.41 Å². The van der Waals surface area contributed by atoms with E-state index in [0.29, 0.717) is 0 Å². The molecule has 2 atom stereocenters. The van der Waals surface area contributed by atoms with Crippen LogP contribution in [0.25, 0.3) is 0 Å². The first-order valence-corrected chi connectivity index (χ1v) is 5.63. The summed E-state index contributed by atoms with van der Waals surface area (Å²) < 4.78 is 0. The zero-order valence-electron chi connectivity index (χ0n) is 10.8. The number of hydrogen-bond acceptors (Lipinski definition) is 5. The van der Waals surface area contributed by atoms with Gasteiger partial charge in [-0.3, -0.25) is 4.79 Å². The Balaban J connectivity index is 4.56. The van der Waals surface area contributed by atoms with Crippen molar-refractivity contribution in [3.05, 3.63) is 0 Å². The number of hydrogen-bond donors (Lipinski definition) is 5. The van der Waals surface area contributed by atoms with Crippen LogP contribution in [-0.4, -0.2) is 57.2 Å². The van der Waals surface area contributed by atoms with Gasteiger partial charge in [0, 0.05) is 5.41 Å². The van der Waals surface area contributed by atoms with E-state index in [-0.39, 0.29) is 6.42 Å². The summed E-state index contributed by atoms with van der Waals surface area (Å²) >= 11 is 0. The van der Waals surface area contributed by atoms with Gasteiger partial charge in [0.15, 0.2) is 5.60 Å². The normalized spacial score (nSPS) is 16.8. The van der Waals surface area contributed by atoms with Gasteiger partial charge in [-0.2, -0.15) is 0 Å². The molecule has 1 amide bonds.